The highest BCUT2D eigenvalue weighted by Gasteiger charge is 2.18. The van der Waals surface area contributed by atoms with E-state index in [0.717, 1.165) is 36.3 Å². The summed E-state index contributed by atoms with van der Waals surface area (Å²) in [4.78, 5) is 11.9. The second-order valence-corrected chi connectivity index (χ2v) is 4.88. The van der Waals surface area contributed by atoms with Gasteiger partial charge in [-0.2, -0.15) is 0 Å². The van der Waals surface area contributed by atoms with Gasteiger partial charge >= 0.3 is 0 Å². The average molecular weight is 232 g/mol. The van der Waals surface area contributed by atoms with E-state index in [2.05, 4.69) is 10.6 Å². The third-order valence-corrected chi connectivity index (χ3v) is 3.38. The molecule has 2 N–H and O–H groups in total. The molecule has 1 fully saturated rings. The lowest BCUT2D eigenvalue weighted by molar-refractivity contribution is -0.117. The van der Waals surface area contributed by atoms with Crippen molar-refractivity contribution < 1.29 is 4.79 Å². The minimum absolute atomic E-state index is 0.135. The lowest BCUT2D eigenvalue weighted by atomic mass is 10.0. The van der Waals surface area contributed by atoms with Crippen LogP contribution < -0.4 is 10.6 Å². The van der Waals surface area contributed by atoms with E-state index in [-0.39, 0.29) is 5.91 Å². The third-order valence-electron chi connectivity index (χ3n) is 3.38. The molecule has 1 amide bonds. The molecule has 0 aromatic heterocycles. The normalized spacial score (nSPS) is 19.3. The molecule has 1 heterocycles. The van der Waals surface area contributed by atoms with Crippen LogP contribution >= 0.6 is 0 Å². The van der Waals surface area contributed by atoms with Crippen LogP contribution in [0.15, 0.2) is 18.2 Å². The number of para-hydroxylation sites is 1. The lowest BCUT2D eigenvalue weighted by Crippen LogP contribution is -2.19. The quantitative estimate of drug-likeness (QED) is 0.839. The Bertz CT molecular complexity index is 388. The van der Waals surface area contributed by atoms with E-state index in [1.807, 2.05) is 32.0 Å². The number of carbonyl (C=O) groups is 1. The Hall–Kier alpha value is -1.35. The first-order chi connectivity index (χ1) is 8.16. The second kappa shape index (κ2) is 5.32. The summed E-state index contributed by atoms with van der Waals surface area (Å²) in [5, 5.41) is 6.32. The molecule has 3 heteroatoms. The maximum Gasteiger partial charge on any atom is 0.224 e. The highest BCUT2D eigenvalue weighted by Crippen LogP contribution is 2.21. The lowest BCUT2D eigenvalue weighted by Gasteiger charge is -2.13. The number of benzene rings is 1. The summed E-state index contributed by atoms with van der Waals surface area (Å²) in [5.74, 6) is 0.635. The van der Waals surface area contributed by atoms with Crippen LogP contribution in [0, 0.1) is 19.8 Å². The predicted molar refractivity (Wildman–Crippen MR) is 70.1 cm³/mol. The highest BCUT2D eigenvalue weighted by molar-refractivity contribution is 5.92. The van der Waals surface area contributed by atoms with Gasteiger partial charge in [0.1, 0.15) is 0 Å². The molecule has 0 spiro atoms. The number of anilines is 1. The van der Waals surface area contributed by atoms with Crippen molar-refractivity contribution in [3.63, 3.8) is 0 Å². The van der Waals surface area contributed by atoms with Crippen molar-refractivity contribution in [1.82, 2.24) is 5.32 Å². The van der Waals surface area contributed by atoms with E-state index < -0.39 is 0 Å². The van der Waals surface area contributed by atoms with E-state index in [1.165, 1.54) is 0 Å². The molecule has 1 aromatic carbocycles. The summed E-state index contributed by atoms with van der Waals surface area (Å²) in [7, 11) is 0. The molecule has 1 aromatic rings. The molecule has 0 aliphatic carbocycles. The standard InChI is InChI=1S/C14H20N2O/c1-10-4-3-5-11(2)14(10)16-13(17)8-12-6-7-15-9-12/h3-5,12,15H,6-9H2,1-2H3,(H,16,17). The predicted octanol–water partition coefficient (Wildman–Crippen LogP) is 2.24. The van der Waals surface area contributed by atoms with Crippen molar-refractivity contribution in [1.29, 1.82) is 0 Å². The van der Waals surface area contributed by atoms with Crippen LogP contribution in [0.2, 0.25) is 0 Å². The molecule has 1 aliphatic heterocycles. The first kappa shape index (κ1) is 12.1. The van der Waals surface area contributed by atoms with Crippen LogP contribution in [0.25, 0.3) is 0 Å². The van der Waals surface area contributed by atoms with Gasteiger partial charge in [0, 0.05) is 12.1 Å². The molecule has 0 bridgehead atoms. The first-order valence-corrected chi connectivity index (χ1v) is 6.23. The van der Waals surface area contributed by atoms with E-state index in [4.69, 9.17) is 0 Å². The van der Waals surface area contributed by atoms with Gasteiger partial charge in [0.25, 0.3) is 0 Å². The van der Waals surface area contributed by atoms with Crippen LogP contribution in [0.3, 0.4) is 0 Å². The maximum atomic E-state index is 11.9. The van der Waals surface area contributed by atoms with Gasteiger partial charge in [0.15, 0.2) is 0 Å². The largest absolute Gasteiger partial charge is 0.326 e. The van der Waals surface area contributed by atoms with Gasteiger partial charge in [-0.3, -0.25) is 4.79 Å². The van der Waals surface area contributed by atoms with Gasteiger partial charge in [-0.25, -0.2) is 0 Å². The van der Waals surface area contributed by atoms with E-state index in [1.54, 1.807) is 0 Å². The van der Waals surface area contributed by atoms with Crippen LogP contribution in [-0.2, 0) is 4.79 Å². The minimum Gasteiger partial charge on any atom is -0.326 e. The summed E-state index contributed by atoms with van der Waals surface area (Å²) in [6.45, 7) is 6.07. The zero-order chi connectivity index (χ0) is 12.3. The molecule has 3 nitrogen and oxygen atoms in total. The van der Waals surface area contributed by atoms with Crippen molar-refractivity contribution in [2.45, 2.75) is 26.7 Å². The van der Waals surface area contributed by atoms with Gasteiger partial charge in [0.2, 0.25) is 5.91 Å². The van der Waals surface area contributed by atoms with Gasteiger partial charge < -0.3 is 10.6 Å². The Morgan fingerprint density at radius 2 is 2.12 bits per heavy atom. The van der Waals surface area contributed by atoms with Crippen LogP contribution in [0.5, 0.6) is 0 Å². The maximum absolute atomic E-state index is 11.9. The van der Waals surface area contributed by atoms with Gasteiger partial charge in [0.05, 0.1) is 0 Å². The summed E-state index contributed by atoms with van der Waals surface area (Å²) in [6, 6.07) is 6.07. The molecule has 17 heavy (non-hydrogen) atoms. The Labute approximate surface area is 103 Å². The number of hydrogen-bond donors (Lipinski definition) is 2. The van der Waals surface area contributed by atoms with Gasteiger partial charge in [-0.1, -0.05) is 18.2 Å². The number of nitrogens with one attached hydrogen (secondary N) is 2. The van der Waals surface area contributed by atoms with E-state index in [9.17, 15) is 4.79 Å². The van der Waals surface area contributed by atoms with Crippen molar-refractivity contribution in [2.24, 2.45) is 5.92 Å². The molecule has 1 aliphatic rings. The van der Waals surface area contributed by atoms with Crippen LogP contribution in [0.4, 0.5) is 5.69 Å². The molecule has 92 valence electrons. The summed E-state index contributed by atoms with van der Waals surface area (Å²) in [6.07, 6.45) is 1.74. The summed E-state index contributed by atoms with van der Waals surface area (Å²) < 4.78 is 0. The molecular weight excluding hydrogens is 212 g/mol. The molecule has 0 radical (unpaired) electrons. The third kappa shape index (κ3) is 3.07. The zero-order valence-corrected chi connectivity index (χ0v) is 10.5. The Kier molecular flexibility index (Phi) is 3.79. The highest BCUT2D eigenvalue weighted by atomic mass is 16.1. The van der Waals surface area contributed by atoms with E-state index in [0.29, 0.717) is 12.3 Å². The number of carbonyl (C=O) groups excluding carboxylic acids is 1. The monoisotopic (exact) mass is 232 g/mol. The SMILES string of the molecule is Cc1cccc(C)c1NC(=O)CC1CCNC1. The van der Waals surface area contributed by atoms with Gasteiger partial charge in [-0.15, -0.1) is 0 Å². The van der Waals surface area contributed by atoms with Crippen molar-refractivity contribution in [3.8, 4) is 0 Å². The van der Waals surface area contributed by atoms with Crippen molar-refractivity contribution in [2.75, 3.05) is 18.4 Å². The Morgan fingerprint density at radius 1 is 1.41 bits per heavy atom. The average Bonchev–Trinajstić information content (AvgIpc) is 2.76. The number of rotatable bonds is 3. The molecule has 0 saturated carbocycles. The fourth-order valence-corrected chi connectivity index (χ4v) is 2.35. The van der Waals surface area contributed by atoms with Crippen molar-refractivity contribution in [3.05, 3.63) is 29.3 Å². The molecule has 1 saturated heterocycles. The van der Waals surface area contributed by atoms with Crippen molar-refractivity contribution >= 4 is 11.6 Å². The number of aryl methyl sites for hydroxylation is 2. The van der Waals surface area contributed by atoms with E-state index >= 15 is 0 Å². The molecular formula is C14H20N2O. The molecule has 1 atom stereocenters. The fourth-order valence-electron chi connectivity index (χ4n) is 2.35. The number of hydrogen-bond acceptors (Lipinski definition) is 2. The second-order valence-electron chi connectivity index (χ2n) is 4.88. The van der Waals surface area contributed by atoms with Crippen LogP contribution in [-0.4, -0.2) is 19.0 Å². The Balaban J connectivity index is 1.97. The number of amides is 1. The molecule has 1 unspecified atom stereocenters. The first-order valence-electron chi connectivity index (χ1n) is 6.23. The smallest absolute Gasteiger partial charge is 0.224 e. The molecule has 2 rings (SSSR count). The van der Waals surface area contributed by atoms with Gasteiger partial charge in [-0.05, 0) is 50.4 Å². The summed E-state index contributed by atoms with van der Waals surface area (Å²) >= 11 is 0. The Morgan fingerprint density at radius 3 is 2.71 bits per heavy atom. The topological polar surface area (TPSA) is 41.1 Å². The summed E-state index contributed by atoms with van der Waals surface area (Å²) in [5.41, 5.74) is 3.23. The fraction of sp³-hybridized carbons (Fsp3) is 0.500. The van der Waals surface area contributed by atoms with Crippen LogP contribution in [0.1, 0.15) is 24.0 Å². The zero-order valence-electron chi connectivity index (χ0n) is 10.5. The minimum atomic E-state index is 0.135.